The van der Waals surface area contributed by atoms with Crippen LogP contribution in [0.3, 0.4) is 0 Å². The van der Waals surface area contributed by atoms with E-state index >= 15 is 0 Å². The Morgan fingerprint density at radius 1 is 1.12 bits per heavy atom. The Labute approximate surface area is 236 Å². The fraction of sp³-hybridized carbons (Fsp3) is 0.533. The Kier molecular flexibility index (Phi) is 11.7. The van der Waals surface area contributed by atoms with Crippen molar-refractivity contribution < 1.29 is 28.6 Å². The highest BCUT2D eigenvalue weighted by Gasteiger charge is 2.30. The molecule has 0 fully saturated rings. The SMILES string of the molecule is C[C@@H]1CN([C@H](C)CO)C(=O)c2cc(NC(=O)Nc3ccc(F)cc3)ccc2O[C@@H](C)CCCCO[C@H]1CN(C)C. The molecule has 1 heterocycles. The number of carbonyl (C=O) groups excluding carboxylic acids is 2. The van der Waals surface area contributed by atoms with Crippen molar-refractivity contribution in [2.45, 2.75) is 58.3 Å². The second-order valence-corrected chi connectivity index (χ2v) is 10.9. The van der Waals surface area contributed by atoms with Crippen LogP contribution in [0, 0.1) is 11.7 Å². The zero-order chi connectivity index (χ0) is 29.2. The maximum atomic E-state index is 14.1. The zero-order valence-electron chi connectivity index (χ0n) is 24.2. The van der Waals surface area contributed by atoms with E-state index in [9.17, 15) is 19.1 Å². The van der Waals surface area contributed by atoms with Gasteiger partial charge in [0.25, 0.3) is 5.91 Å². The largest absolute Gasteiger partial charge is 0.490 e. The third-order valence-electron chi connectivity index (χ3n) is 6.96. The molecule has 0 saturated heterocycles. The minimum atomic E-state index is -0.535. The van der Waals surface area contributed by atoms with Crippen LogP contribution in [0.4, 0.5) is 20.6 Å². The van der Waals surface area contributed by atoms with Gasteiger partial charge in [0.05, 0.1) is 30.4 Å². The Balaban J connectivity index is 1.92. The molecule has 0 aromatic heterocycles. The first-order valence-electron chi connectivity index (χ1n) is 13.9. The van der Waals surface area contributed by atoms with Crippen LogP contribution >= 0.6 is 0 Å². The highest BCUT2D eigenvalue weighted by atomic mass is 19.1. The van der Waals surface area contributed by atoms with Gasteiger partial charge in [0.2, 0.25) is 0 Å². The van der Waals surface area contributed by atoms with Crippen molar-refractivity contribution in [2.24, 2.45) is 5.92 Å². The molecular formula is C30H43FN4O5. The van der Waals surface area contributed by atoms with Gasteiger partial charge in [-0.2, -0.15) is 0 Å². The average Bonchev–Trinajstić information content (AvgIpc) is 2.91. The van der Waals surface area contributed by atoms with Gasteiger partial charge >= 0.3 is 6.03 Å². The summed E-state index contributed by atoms with van der Waals surface area (Å²) in [4.78, 5) is 30.4. The van der Waals surface area contributed by atoms with Crippen molar-refractivity contribution >= 4 is 23.3 Å². The Bertz CT molecular complexity index is 1110. The van der Waals surface area contributed by atoms with E-state index in [0.717, 1.165) is 19.3 Å². The molecule has 0 saturated carbocycles. The van der Waals surface area contributed by atoms with Crippen molar-refractivity contribution in [1.82, 2.24) is 9.80 Å². The lowest BCUT2D eigenvalue weighted by Gasteiger charge is -2.35. The summed E-state index contributed by atoms with van der Waals surface area (Å²) >= 11 is 0. The lowest BCUT2D eigenvalue weighted by molar-refractivity contribution is -0.0137. The fourth-order valence-corrected chi connectivity index (χ4v) is 4.65. The Hall–Kier alpha value is -3.21. The van der Waals surface area contributed by atoms with Gasteiger partial charge in [-0.05, 0) is 89.7 Å². The van der Waals surface area contributed by atoms with Crippen molar-refractivity contribution in [3.05, 3.63) is 53.8 Å². The quantitative estimate of drug-likeness (QED) is 0.470. The number of benzene rings is 2. The number of nitrogens with one attached hydrogen (secondary N) is 2. The molecule has 0 unspecified atom stereocenters. The topological polar surface area (TPSA) is 103 Å². The van der Waals surface area contributed by atoms with Crippen molar-refractivity contribution in [1.29, 1.82) is 0 Å². The van der Waals surface area contributed by atoms with Crippen LogP contribution in [0.5, 0.6) is 5.75 Å². The van der Waals surface area contributed by atoms with Crippen LogP contribution in [0.25, 0.3) is 0 Å². The van der Waals surface area contributed by atoms with E-state index in [1.54, 1.807) is 30.0 Å². The normalized spacial score (nSPS) is 21.6. The first kappa shape index (κ1) is 31.3. The summed E-state index contributed by atoms with van der Waals surface area (Å²) in [5, 5.41) is 15.4. The average molecular weight is 559 g/mol. The van der Waals surface area contributed by atoms with Gasteiger partial charge in [0, 0.05) is 37.0 Å². The van der Waals surface area contributed by atoms with Crippen LogP contribution in [0.2, 0.25) is 0 Å². The monoisotopic (exact) mass is 558 g/mol. The van der Waals surface area contributed by atoms with E-state index in [1.165, 1.54) is 24.3 Å². The minimum absolute atomic E-state index is 0.00521. The number of aliphatic hydroxyl groups excluding tert-OH is 1. The highest BCUT2D eigenvalue weighted by Crippen LogP contribution is 2.28. The minimum Gasteiger partial charge on any atom is -0.490 e. The van der Waals surface area contributed by atoms with Crippen LogP contribution < -0.4 is 15.4 Å². The number of urea groups is 1. The van der Waals surface area contributed by atoms with Gasteiger partial charge in [0.1, 0.15) is 11.6 Å². The number of rotatable bonds is 6. The number of anilines is 2. The van der Waals surface area contributed by atoms with E-state index < -0.39 is 17.9 Å². The van der Waals surface area contributed by atoms with E-state index in [1.807, 2.05) is 21.0 Å². The number of carbonyl (C=O) groups is 2. The van der Waals surface area contributed by atoms with Crippen LogP contribution in [-0.4, -0.2) is 85.5 Å². The third kappa shape index (κ3) is 9.18. The number of hydrogen-bond donors (Lipinski definition) is 3. The molecule has 220 valence electrons. The van der Waals surface area contributed by atoms with E-state index in [2.05, 4.69) is 22.5 Å². The number of ether oxygens (including phenoxy) is 2. The van der Waals surface area contributed by atoms with Gasteiger partial charge in [-0.15, -0.1) is 0 Å². The Morgan fingerprint density at radius 3 is 2.48 bits per heavy atom. The molecule has 3 rings (SSSR count). The van der Waals surface area contributed by atoms with E-state index in [0.29, 0.717) is 42.4 Å². The molecule has 0 aliphatic carbocycles. The molecule has 9 nitrogen and oxygen atoms in total. The molecule has 0 bridgehead atoms. The summed E-state index contributed by atoms with van der Waals surface area (Å²) < 4.78 is 25.7. The molecule has 2 aromatic carbocycles. The maximum Gasteiger partial charge on any atom is 0.323 e. The third-order valence-corrected chi connectivity index (χ3v) is 6.96. The number of hydrogen-bond acceptors (Lipinski definition) is 6. The molecule has 40 heavy (non-hydrogen) atoms. The van der Waals surface area contributed by atoms with Crippen LogP contribution in [-0.2, 0) is 4.74 Å². The smallest absolute Gasteiger partial charge is 0.323 e. The predicted octanol–water partition coefficient (Wildman–Crippen LogP) is 4.83. The standard InChI is InChI=1S/C30H43FN4O5/c1-20-17-35(21(2)19-36)29(37)26-16-25(33-30(38)32-24-11-9-23(31)10-12-24)13-14-27(26)40-22(3)8-6-7-15-39-28(20)18-34(4)5/h9-14,16,20-22,28,36H,6-8,15,17-19H2,1-5H3,(H2,32,33,38)/t20-,21-,22+,28+/m1/s1. The number of amides is 3. The summed E-state index contributed by atoms with van der Waals surface area (Å²) in [6.45, 7) is 7.33. The summed E-state index contributed by atoms with van der Waals surface area (Å²) in [6, 6.07) is 9.39. The first-order valence-corrected chi connectivity index (χ1v) is 13.9. The second kappa shape index (κ2) is 15.0. The predicted molar refractivity (Wildman–Crippen MR) is 154 cm³/mol. The second-order valence-electron chi connectivity index (χ2n) is 10.9. The van der Waals surface area contributed by atoms with Crippen molar-refractivity contribution in [2.75, 3.05) is 51.0 Å². The van der Waals surface area contributed by atoms with Crippen molar-refractivity contribution in [3.63, 3.8) is 0 Å². The first-order chi connectivity index (χ1) is 19.1. The number of fused-ring (bicyclic) bond motifs is 1. The lowest BCUT2D eigenvalue weighted by atomic mass is 10.0. The number of halogens is 1. The van der Waals surface area contributed by atoms with Gasteiger partial charge in [0.15, 0.2) is 0 Å². The highest BCUT2D eigenvalue weighted by molar-refractivity contribution is 6.02. The number of aliphatic hydroxyl groups is 1. The number of nitrogens with zero attached hydrogens (tertiary/aromatic N) is 2. The van der Waals surface area contributed by atoms with Gasteiger partial charge in [-0.1, -0.05) is 6.92 Å². The summed E-state index contributed by atoms with van der Waals surface area (Å²) in [7, 11) is 3.99. The molecular weight excluding hydrogens is 515 g/mol. The maximum absolute atomic E-state index is 14.1. The molecule has 1 aliphatic rings. The van der Waals surface area contributed by atoms with E-state index in [4.69, 9.17) is 9.47 Å². The van der Waals surface area contributed by atoms with Crippen molar-refractivity contribution in [3.8, 4) is 5.75 Å². The van der Waals surface area contributed by atoms with Crippen LogP contribution in [0.1, 0.15) is 50.4 Å². The molecule has 2 aromatic rings. The summed E-state index contributed by atoms with van der Waals surface area (Å²) in [5.74, 6) is -0.295. The molecule has 1 aliphatic heterocycles. The molecule has 0 radical (unpaired) electrons. The van der Waals surface area contributed by atoms with Gasteiger partial charge < -0.3 is 35.0 Å². The lowest BCUT2D eigenvalue weighted by Crippen LogP contribution is -2.47. The molecule has 0 spiro atoms. The molecule has 3 amide bonds. The fourth-order valence-electron chi connectivity index (χ4n) is 4.65. The molecule has 3 N–H and O–H groups in total. The van der Waals surface area contributed by atoms with E-state index in [-0.39, 0.29) is 30.6 Å². The number of likely N-dealkylation sites (N-methyl/N-ethyl adjacent to an activating group) is 1. The molecule has 4 atom stereocenters. The van der Waals surface area contributed by atoms with Gasteiger partial charge in [-0.25, -0.2) is 9.18 Å². The molecule has 10 heteroatoms. The zero-order valence-corrected chi connectivity index (χ0v) is 24.2. The summed E-state index contributed by atoms with van der Waals surface area (Å²) in [6.07, 6.45) is 2.39. The van der Waals surface area contributed by atoms with Crippen LogP contribution in [0.15, 0.2) is 42.5 Å². The Morgan fingerprint density at radius 2 is 1.80 bits per heavy atom. The summed E-state index contributed by atoms with van der Waals surface area (Å²) in [5.41, 5.74) is 1.11. The van der Waals surface area contributed by atoms with Gasteiger partial charge in [-0.3, -0.25) is 4.79 Å².